The molecule has 2 amide bonds. The molecule has 0 spiro atoms. The van der Waals surface area contributed by atoms with E-state index in [9.17, 15) is 19.8 Å². The second-order valence-corrected chi connectivity index (χ2v) is 15.0. The molecule has 0 aromatic heterocycles. The summed E-state index contributed by atoms with van der Waals surface area (Å²) in [6.07, 6.45) is -0.708. The summed E-state index contributed by atoms with van der Waals surface area (Å²) < 4.78 is 6.54. The van der Waals surface area contributed by atoms with E-state index in [-0.39, 0.29) is 18.1 Å². The molecule has 34 heavy (non-hydrogen) atoms. The molecule has 0 saturated heterocycles. The van der Waals surface area contributed by atoms with Gasteiger partial charge in [-0.25, -0.2) is 4.79 Å². The number of carboxylic acid groups (broad SMARTS) is 1. The molecule has 0 unspecified atom stereocenters. The van der Waals surface area contributed by atoms with Crippen LogP contribution < -0.4 is 15.1 Å². The third kappa shape index (κ3) is 7.88. The van der Waals surface area contributed by atoms with Crippen LogP contribution in [0.15, 0.2) is 48.5 Å². The molecule has 0 aliphatic rings. The zero-order valence-corrected chi connectivity index (χ0v) is 22.0. The first-order chi connectivity index (χ1) is 15.8. The van der Waals surface area contributed by atoms with Crippen molar-refractivity contribution in [1.29, 1.82) is 0 Å². The fourth-order valence-corrected chi connectivity index (χ4v) is 4.39. The second kappa shape index (κ2) is 11.5. The van der Waals surface area contributed by atoms with E-state index in [2.05, 4.69) is 44.5 Å². The summed E-state index contributed by atoms with van der Waals surface area (Å²) in [7, 11) is -2.09. The molecule has 2 aromatic carbocycles. The summed E-state index contributed by atoms with van der Waals surface area (Å²) in [5, 5.41) is 24.4. The number of rotatable bonds is 10. The Hall–Kier alpha value is -2.84. The smallest absolute Gasteiger partial charge is 0.405 e. The van der Waals surface area contributed by atoms with Gasteiger partial charge in [0.25, 0.3) is 0 Å². The van der Waals surface area contributed by atoms with E-state index in [0.29, 0.717) is 6.42 Å². The number of carbonyl (C=O) groups is 2. The lowest BCUT2D eigenvalue weighted by atomic mass is 10.0. The van der Waals surface area contributed by atoms with Gasteiger partial charge in [0.1, 0.15) is 11.8 Å². The van der Waals surface area contributed by atoms with E-state index in [1.807, 2.05) is 55.5 Å². The molecule has 2 atom stereocenters. The van der Waals surface area contributed by atoms with Crippen molar-refractivity contribution >= 4 is 20.3 Å². The molecule has 2 aromatic rings. The number of nitrogens with one attached hydrogen (secondary N) is 2. The average molecular weight is 487 g/mol. The average Bonchev–Trinajstić information content (AvgIpc) is 2.74. The zero-order chi connectivity index (χ0) is 25.5. The summed E-state index contributed by atoms with van der Waals surface area (Å²) in [4.78, 5) is 24.3. The van der Waals surface area contributed by atoms with Crippen LogP contribution in [0.4, 0.5) is 4.79 Å². The van der Waals surface area contributed by atoms with Gasteiger partial charge >= 0.3 is 6.09 Å². The lowest BCUT2D eigenvalue weighted by Gasteiger charge is -2.37. The Balaban J connectivity index is 2.21. The van der Waals surface area contributed by atoms with Gasteiger partial charge in [0.2, 0.25) is 14.2 Å². The normalized spacial score (nSPS) is 13.6. The lowest BCUT2D eigenvalue weighted by Crippen LogP contribution is -2.51. The predicted octanol–water partition coefficient (Wildman–Crippen LogP) is 4.28. The molecule has 7 nitrogen and oxygen atoms in total. The first kappa shape index (κ1) is 27.4. The number of hydrogen-bond donors (Lipinski definition) is 4. The van der Waals surface area contributed by atoms with Crippen molar-refractivity contribution in [3.63, 3.8) is 0 Å². The van der Waals surface area contributed by atoms with Gasteiger partial charge in [0, 0.05) is 6.42 Å². The summed E-state index contributed by atoms with van der Waals surface area (Å²) in [5.41, 5.74) is 2.78. The summed E-state index contributed by atoms with van der Waals surface area (Å²) >= 11 is 0. The van der Waals surface area contributed by atoms with Crippen molar-refractivity contribution in [1.82, 2.24) is 10.6 Å². The van der Waals surface area contributed by atoms with Crippen LogP contribution in [-0.4, -0.2) is 49.2 Å². The molecule has 0 saturated carbocycles. The maximum absolute atomic E-state index is 13.0. The van der Waals surface area contributed by atoms with Gasteiger partial charge in [-0.1, -0.05) is 68.8 Å². The molecule has 0 bridgehead atoms. The highest BCUT2D eigenvalue weighted by Gasteiger charge is 2.39. The Morgan fingerprint density at radius 1 is 1.03 bits per heavy atom. The molecule has 186 valence electrons. The van der Waals surface area contributed by atoms with Crippen LogP contribution in [0.2, 0.25) is 18.1 Å². The molecule has 4 N–H and O–H groups in total. The topological polar surface area (TPSA) is 108 Å². The number of aliphatic hydroxyl groups is 1. The minimum Gasteiger partial charge on any atom is -0.543 e. The van der Waals surface area contributed by atoms with E-state index in [1.54, 1.807) is 0 Å². The zero-order valence-electron chi connectivity index (χ0n) is 21.0. The molecule has 0 aliphatic heterocycles. The Labute approximate surface area is 203 Å². The highest BCUT2D eigenvalue weighted by molar-refractivity contribution is 6.74. The van der Waals surface area contributed by atoms with Crippen molar-refractivity contribution in [2.45, 2.75) is 70.8 Å². The van der Waals surface area contributed by atoms with Crippen molar-refractivity contribution in [3.8, 4) is 5.75 Å². The molecular formula is C26H38N2O5Si. The highest BCUT2D eigenvalue weighted by atomic mass is 28.4. The van der Waals surface area contributed by atoms with Gasteiger partial charge in [-0.3, -0.25) is 4.79 Å². The Kier molecular flexibility index (Phi) is 9.29. The van der Waals surface area contributed by atoms with Gasteiger partial charge in [-0.15, -0.1) is 0 Å². The van der Waals surface area contributed by atoms with Crippen LogP contribution >= 0.6 is 0 Å². The molecule has 0 radical (unpaired) electrons. The van der Waals surface area contributed by atoms with E-state index in [1.165, 1.54) is 0 Å². The summed E-state index contributed by atoms with van der Waals surface area (Å²) in [6, 6.07) is 13.6. The summed E-state index contributed by atoms with van der Waals surface area (Å²) in [6.45, 7) is 12.6. The molecule has 0 fully saturated rings. The standard InChI is InChI=1S/C26H38N2O5Si/c1-18-12-13-23(33-34(5,6)26(2,3)4)20(14-18)16-21(17-29)27-24(30)22(28-25(31)32)15-19-10-8-7-9-11-19/h7-14,21-22,28-29H,15-17H2,1-6H3,(H,27,30)(H,31,32)/t21-,22-/m0/s1. The Morgan fingerprint density at radius 3 is 2.24 bits per heavy atom. The minimum absolute atomic E-state index is 0.0207. The van der Waals surface area contributed by atoms with Crippen LogP contribution in [0.3, 0.4) is 0 Å². The van der Waals surface area contributed by atoms with Crippen molar-refractivity contribution in [2.75, 3.05) is 6.61 Å². The maximum atomic E-state index is 13.0. The minimum atomic E-state index is -2.09. The van der Waals surface area contributed by atoms with Crippen LogP contribution in [0, 0.1) is 6.92 Å². The van der Waals surface area contributed by atoms with Crippen molar-refractivity contribution in [3.05, 3.63) is 65.2 Å². The molecule has 8 heteroatoms. The molecule has 2 rings (SSSR count). The molecule has 0 aliphatic carbocycles. The molecular weight excluding hydrogens is 448 g/mol. The first-order valence-corrected chi connectivity index (χ1v) is 14.5. The SMILES string of the molecule is Cc1ccc(O[Si](C)(C)C(C)(C)C)c(C[C@@H](CO)NC(=O)[C@H](Cc2ccccc2)NC(=O)O)c1. The monoisotopic (exact) mass is 486 g/mol. The number of benzene rings is 2. The lowest BCUT2D eigenvalue weighted by molar-refractivity contribution is -0.124. The van der Waals surface area contributed by atoms with Gasteiger partial charge < -0.3 is 25.3 Å². The van der Waals surface area contributed by atoms with Crippen LogP contribution in [0.25, 0.3) is 0 Å². The maximum Gasteiger partial charge on any atom is 0.405 e. The van der Waals surface area contributed by atoms with E-state index >= 15 is 0 Å². The van der Waals surface area contributed by atoms with Gasteiger partial charge in [0.15, 0.2) is 0 Å². The van der Waals surface area contributed by atoms with Crippen LogP contribution in [0.1, 0.15) is 37.5 Å². The Morgan fingerprint density at radius 2 is 1.68 bits per heavy atom. The van der Waals surface area contributed by atoms with Gasteiger partial charge in [-0.2, -0.15) is 0 Å². The van der Waals surface area contributed by atoms with E-state index in [4.69, 9.17) is 4.43 Å². The number of amides is 2. The number of aliphatic hydroxyl groups excluding tert-OH is 1. The quantitative estimate of drug-likeness (QED) is 0.375. The fraction of sp³-hybridized carbons (Fsp3) is 0.462. The van der Waals surface area contributed by atoms with Gasteiger partial charge in [0.05, 0.1) is 12.6 Å². The van der Waals surface area contributed by atoms with Crippen LogP contribution in [-0.2, 0) is 17.6 Å². The fourth-order valence-electron chi connectivity index (χ4n) is 3.33. The highest BCUT2D eigenvalue weighted by Crippen LogP contribution is 2.38. The molecule has 0 heterocycles. The predicted molar refractivity (Wildman–Crippen MR) is 137 cm³/mol. The Bertz CT molecular complexity index is 973. The van der Waals surface area contributed by atoms with Crippen molar-refractivity contribution in [2.24, 2.45) is 0 Å². The van der Waals surface area contributed by atoms with Gasteiger partial charge in [-0.05, 0) is 48.7 Å². The first-order valence-electron chi connectivity index (χ1n) is 11.6. The second-order valence-electron chi connectivity index (χ2n) is 10.3. The van der Waals surface area contributed by atoms with E-state index < -0.39 is 32.4 Å². The third-order valence-electron chi connectivity index (χ3n) is 6.32. The summed E-state index contributed by atoms with van der Waals surface area (Å²) in [5.74, 6) is 0.277. The third-order valence-corrected chi connectivity index (χ3v) is 10.7. The van der Waals surface area contributed by atoms with Crippen molar-refractivity contribution < 1.29 is 24.2 Å². The number of aryl methyl sites for hydroxylation is 1. The number of carbonyl (C=O) groups excluding carboxylic acids is 1. The largest absolute Gasteiger partial charge is 0.543 e. The number of hydrogen-bond acceptors (Lipinski definition) is 4. The van der Waals surface area contributed by atoms with Crippen LogP contribution in [0.5, 0.6) is 5.75 Å². The van der Waals surface area contributed by atoms with E-state index in [0.717, 1.165) is 22.4 Å².